The van der Waals surface area contributed by atoms with E-state index in [1.807, 2.05) is 6.07 Å². The van der Waals surface area contributed by atoms with Crippen LogP contribution in [0.2, 0.25) is 0 Å². The monoisotopic (exact) mass is 400 g/mol. The first-order valence-electron chi connectivity index (χ1n) is 9.61. The van der Waals surface area contributed by atoms with E-state index in [0.717, 1.165) is 50.9 Å². The highest BCUT2D eigenvalue weighted by molar-refractivity contribution is 7.99. The number of thioether (sulfide) groups is 1. The van der Waals surface area contributed by atoms with Crippen molar-refractivity contribution < 1.29 is 14.4 Å². The second-order valence-corrected chi connectivity index (χ2v) is 7.60. The van der Waals surface area contributed by atoms with Gasteiger partial charge in [-0.1, -0.05) is 25.1 Å². The summed E-state index contributed by atoms with van der Waals surface area (Å²) in [5.74, 6) is -0.0820. The molecule has 2 aromatic heterocycles. The van der Waals surface area contributed by atoms with Crippen LogP contribution in [0.25, 0.3) is 0 Å². The quantitative estimate of drug-likeness (QED) is 0.288. The van der Waals surface area contributed by atoms with Crippen LogP contribution in [0.3, 0.4) is 0 Å². The number of aromatic nitrogens is 3. The van der Waals surface area contributed by atoms with Crippen LogP contribution in [-0.4, -0.2) is 35.0 Å². The molecular weight excluding hydrogens is 376 g/mol. The van der Waals surface area contributed by atoms with Gasteiger partial charge in [0.15, 0.2) is 0 Å². The molecule has 148 valence electrons. The minimum absolute atomic E-state index is 0.0866. The van der Waals surface area contributed by atoms with E-state index in [9.17, 15) is 10.4 Å². The van der Waals surface area contributed by atoms with Crippen molar-refractivity contribution in [3.63, 3.8) is 0 Å². The molecule has 1 saturated heterocycles. The van der Waals surface area contributed by atoms with Crippen molar-refractivity contribution in [1.82, 2.24) is 10.3 Å². The van der Waals surface area contributed by atoms with Crippen molar-refractivity contribution in [2.75, 3.05) is 23.9 Å². The Morgan fingerprint density at radius 3 is 2.96 bits per heavy atom. The Bertz CT molecular complexity index is 854. The van der Waals surface area contributed by atoms with E-state index < -0.39 is 0 Å². The molecule has 9 heteroatoms. The summed E-state index contributed by atoms with van der Waals surface area (Å²) in [7, 11) is 0. The predicted molar refractivity (Wildman–Crippen MR) is 104 cm³/mol. The third-order valence-corrected chi connectivity index (χ3v) is 5.43. The number of aliphatic imine (C=N–C) groups is 1. The largest absolute Gasteiger partial charge is 0.861 e. The van der Waals surface area contributed by atoms with Crippen LogP contribution in [0.1, 0.15) is 50.3 Å². The average molecular weight is 401 g/mol. The number of piperidine rings is 1. The lowest BCUT2D eigenvalue weighted by Gasteiger charge is -2.17. The van der Waals surface area contributed by atoms with Crippen molar-refractivity contribution in [2.45, 2.75) is 50.5 Å². The zero-order chi connectivity index (χ0) is 19.8. The topological polar surface area (TPSA) is 105 Å². The number of hydrogen-bond donors (Lipinski definition) is 0. The second kappa shape index (κ2) is 10.1. The van der Waals surface area contributed by atoms with Crippen LogP contribution in [-0.2, 0) is 6.42 Å². The van der Waals surface area contributed by atoms with Crippen molar-refractivity contribution in [3.05, 3.63) is 29.6 Å². The standard InChI is InChI=1S/C19H24N6O2S/c1-2-3-7-16-9-8-15(12-20)19(21-16)28-14-17(26)22-18-13-25(23-27-18)24-10-5-4-6-11-24/h8-9,13H,2-7,10-11,14H2,1H3. The van der Waals surface area contributed by atoms with Crippen molar-refractivity contribution >= 4 is 23.5 Å². The molecule has 0 saturated carbocycles. The van der Waals surface area contributed by atoms with Crippen LogP contribution < -0.4 is 14.9 Å². The van der Waals surface area contributed by atoms with Crippen LogP contribution >= 0.6 is 11.8 Å². The van der Waals surface area contributed by atoms with E-state index in [-0.39, 0.29) is 17.5 Å². The van der Waals surface area contributed by atoms with Gasteiger partial charge in [0.25, 0.3) is 6.20 Å². The number of nitriles is 1. The van der Waals surface area contributed by atoms with Gasteiger partial charge < -0.3 is 5.11 Å². The smallest absolute Gasteiger partial charge is 0.324 e. The van der Waals surface area contributed by atoms with E-state index >= 15 is 0 Å². The van der Waals surface area contributed by atoms with Gasteiger partial charge in [0.2, 0.25) is 5.27 Å². The molecule has 1 aliphatic heterocycles. The van der Waals surface area contributed by atoms with Gasteiger partial charge in [0.05, 0.1) is 23.4 Å². The maximum atomic E-state index is 12.2. The highest BCUT2D eigenvalue weighted by atomic mass is 32.2. The Morgan fingerprint density at radius 1 is 1.39 bits per heavy atom. The molecular formula is C19H24N6O2S. The molecule has 1 aliphatic rings. The van der Waals surface area contributed by atoms with Gasteiger partial charge in [0.1, 0.15) is 11.1 Å². The number of unbranched alkanes of at least 4 members (excludes halogenated alkanes) is 1. The van der Waals surface area contributed by atoms with E-state index in [0.29, 0.717) is 10.6 Å². The van der Waals surface area contributed by atoms with Gasteiger partial charge >= 0.3 is 5.88 Å². The number of rotatable bonds is 8. The molecule has 0 spiro atoms. The summed E-state index contributed by atoms with van der Waals surface area (Å²) in [6, 6.07) is 5.77. The van der Waals surface area contributed by atoms with Gasteiger partial charge in [0, 0.05) is 11.4 Å². The predicted octanol–water partition coefficient (Wildman–Crippen LogP) is 1.88. The minimum atomic E-state index is -0.350. The third kappa shape index (κ3) is 5.45. The zero-order valence-electron chi connectivity index (χ0n) is 16.0. The second-order valence-electron chi connectivity index (χ2n) is 6.64. The summed E-state index contributed by atoms with van der Waals surface area (Å²) in [6.45, 7) is 3.95. The molecule has 0 N–H and O–H groups in total. The average Bonchev–Trinajstić information content (AvgIpc) is 3.19. The summed E-state index contributed by atoms with van der Waals surface area (Å²) in [5.41, 5.74) is 1.41. The Balaban J connectivity index is 1.62. The number of hydrogen-bond acceptors (Lipinski definition) is 8. The molecule has 0 atom stereocenters. The highest BCUT2D eigenvalue weighted by Crippen LogP contribution is 2.21. The summed E-state index contributed by atoms with van der Waals surface area (Å²) in [5, 5.41) is 28.1. The van der Waals surface area contributed by atoms with Gasteiger partial charge in [-0.2, -0.15) is 10.3 Å². The molecule has 0 amide bonds. The van der Waals surface area contributed by atoms with Crippen LogP contribution in [0, 0.1) is 11.3 Å². The fourth-order valence-electron chi connectivity index (χ4n) is 2.95. The highest BCUT2D eigenvalue weighted by Gasteiger charge is 2.22. The number of nitrogens with zero attached hydrogens (tertiary/aromatic N) is 6. The normalized spacial score (nSPS) is 14.9. The number of pyridine rings is 1. The van der Waals surface area contributed by atoms with Crippen LogP contribution in [0.5, 0.6) is 0 Å². The van der Waals surface area contributed by atoms with Crippen molar-refractivity contribution in [1.29, 1.82) is 5.26 Å². The van der Waals surface area contributed by atoms with E-state index in [2.05, 4.69) is 33.2 Å². The lowest BCUT2D eigenvalue weighted by Crippen LogP contribution is -2.60. The summed E-state index contributed by atoms with van der Waals surface area (Å²) in [4.78, 5) is 10.1. The maximum absolute atomic E-state index is 12.2. The van der Waals surface area contributed by atoms with Crippen LogP contribution in [0.4, 0.5) is 5.88 Å². The minimum Gasteiger partial charge on any atom is -0.861 e. The first-order chi connectivity index (χ1) is 13.7. The Morgan fingerprint density at radius 2 is 2.21 bits per heavy atom. The SMILES string of the molecule is CCCCc1ccc(C#N)c(SC/C([O-])=N\c2c[n+](N3CCCCC3)no2)n1. The molecule has 1 fully saturated rings. The zero-order valence-corrected chi connectivity index (χ0v) is 16.8. The summed E-state index contributed by atoms with van der Waals surface area (Å²) in [6.07, 6.45) is 8.07. The molecule has 8 nitrogen and oxygen atoms in total. The molecule has 2 aromatic rings. The Hall–Kier alpha value is -2.60. The molecule has 0 aromatic carbocycles. The number of aryl methyl sites for hydroxylation is 1. The molecule has 3 rings (SSSR count). The van der Waals surface area contributed by atoms with E-state index in [1.54, 1.807) is 17.1 Å². The molecule has 0 aliphatic carbocycles. The van der Waals surface area contributed by atoms with Crippen molar-refractivity contribution in [2.24, 2.45) is 4.99 Å². The maximum Gasteiger partial charge on any atom is 0.324 e. The lowest BCUT2D eigenvalue weighted by molar-refractivity contribution is -0.759. The Labute approximate surface area is 168 Å². The molecule has 0 unspecified atom stereocenters. The first-order valence-corrected chi connectivity index (χ1v) is 10.6. The summed E-state index contributed by atoms with van der Waals surface area (Å²) < 4.78 is 5.16. The molecule has 3 heterocycles. The van der Waals surface area contributed by atoms with Gasteiger partial charge in [-0.15, -0.1) is 0 Å². The van der Waals surface area contributed by atoms with Crippen molar-refractivity contribution in [3.8, 4) is 6.07 Å². The molecule has 0 radical (unpaired) electrons. The van der Waals surface area contributed by atoms with Crippen LogP contribution in [0.15, 0.2) is 32.9 Å². The third-order valence-electron chi connectivity index (χ3n) is 4.46. The van der Waals surface area contributed by atoms with E-state index in [1.165, 1.54) is 18.2 Å². The first kappa shape index (κ1) is 20.1. The van der Waals surface area contributed by atoms with Gasteiger partial charge in [-0.05, 0) is 50.1 Å². The lowest BCUT2D eigenvalue weighted by atomic mass is 10.2. The van der Waals surface area contributed by atoms with E-state index in [4.69, 9.17) is 4.52 Å². The van der Waals surface area contributed by atoms with Gasteiger partial charge in [-0.3, -0.25) is 4.52 Å². The van der Waals surface area contributed by atoms with Gasteiger partial charge in [-0.25, -0.2) is 9.98 Å². The molecule has 0 bridgehead atoms. The fraction of sp³-hybridized carbons (Fsp3) is 0.526. The fourth-order valence-corrected chi connectivity index (χ4v) is 3.73. The Kier molecular flexibility index (Phi) is 7.25. The summed E-state index contributed by atoms with van der Waals surface area (Å²) >= 11 is 1.23. The molecule has 28 heavy (non-hydrogen) atoms.